The van der Waals surface area contributed by atoms with Crippen LogP contribution in [0.15, 0.2) is 23.4 Å². The van der Waals surface area contributed by atoms with Crippen molar-refractivity contribution in [2.75, 3.05) is 5.75 Å². The van der Waals surface area contributed by atoms with E-state index in [2.05, 4.69) is 11.9 Å². The minimum absolute atomic E-state index is 0.237. The topological polar surface area (TPSA) is 50.2 Å². The van der Waals surface area contributed by atoms with Gasteiger partial charge >= 0.3 is 5.97 Å². The molecule has 0 saturated heterocycles. The third-order valence-electron chi connectivity index (χ3n) is 1.44. The molecule has 3 nitrogen and oxygen atoms in total. The molecule has 70 valence electrons. The minimum Gasteiger partial charge on any atom is -0.478 e. The lowest BCUT2D eigenvalue weighted by Gasteiger charge is -1.98. The number of carbonyl (C=O) groups is 1. The Hall–Kier alpha value is -1.03. The SMILES string of the molecule is CCCSc1ccc(C(=O)O)cn1. The second-order valence-electron chi connectivity index (χ2n) is 2.54. The number of carboxylic acid groups (broad SMARTS) is 1. The quantitative estimate of drug-likeness (QED) is 0.752. The van der Waals surface area contributed by atoms with Gasteiger partial charge in [-0.15, -0.1) is 11.8 Å². The number of pyridine rings is 1. The molecule has 0 aliphatic heterocycles. The summed E-state index contributed by atoms with van der Waals surface area (Å²) in [6.07, 6.45) is 2.48. The molecule has 0 fully saturated rings. The molecule has 0 unspecified atom stereocenters. The Morgan fingerprint density at radius 3 is 2.85 bits per heavy atom. The zero-order valence-electron chi connectivity index (χ0n) is 7.36. The Morgan fingerprint density at radius 2 is 2.38 bits per heavy atom. The third-order valence-corrected chi connectivity index (χ3v) is 2.59. The van der Waals surface area contributed by atoms with Gasteiger partial charge in [-0.3, -0.25) is 0 Å². The Morgan fingerprint density at radius 1 is 1.62 bits per heavy atom. The van der Waals surface area contributed by atoms with E-state index < -0.39 is 5.97 Å². The molecule has 1 heterocycles. The van der Waals surface area contributed by atoms with Crippen molar-refractivity contribution in [2.45, 2.75) is 18.4 Å². The first-order chi connectivity index (χ1) is 6.24. The fraction of sp³-hybridized carbons (Fsp3) is 0.333. The standard InChI is InChI=1S/C9H11NO2S/c1-2-5-13-8-4-3-7(6-10-8)9(11)12/h3-4,6H,2,5H2,1H3,(H,11,12). The maximum absolute atomic E-state index is 10.5. The molecule has 1 aromatic heterocycles. The number of aromatic nitrogens is 1. The van der Waals surface area contributed by atoms with E-state index in [1.165, 1.54) is 6.20 Å². The van der Waals surface area contributed by atoms with Crippen LogP contribution in [0.5, 0.6) is 0 Å². The molecule has 0 radical (unpaired) electrons. The summed E-state index contributed by atoms with van der Waals surface area (Å²) in [4.78, 5) is 14.5. The van der Waals surface area contributed by atoms with E-state index in [4.69, 9.17) is 5.11 Å². The number of aromatic carboxylic acids is 1. The first kappa shape index (κ1) is 10.1. The molecule has 4 heteroatoms. The predicted octanol–water partition coefficient (Wildman–Crippen LogP) is 2.28. The first-order valence-electron chi connectivity index (χ1n) is 4.06. The smallest absolute Gasteiger partial charge is 0.337 e. The van der Waals surface area contributed by atoms with Gasteiger partial charge in [0.2, 0.25) is 0 Å². The molecule has 1 N–H and O–H groups in total. The Labute approximate surface area is 81.2 Å². The van der Waals surface area contributed by atoms with Gasteiger partial charge in [0.15, 0.2) is 0 Å². The summed E-state index contributed by atoms with van der Waals surface area (Å²) in [6, 6.07) is 3.32. The number of carboxylic acids is 1. The molecular weight excluding hydrogens is 186 g/mol. The lowest BCUT2D eigenvalue weighted by Crippen LogP contribution is -1.96. The Kier molecular flexibility index (Phi) is 3.76. The van der Waals surface area contributed by atoms with Crippen LogP contribution in [0.25, 0.3) is 0 Å². The lowest BCUT2D eigenvalue weighted by molar-refractivity contribution is 0.0696. The number of hydrogen-bond donors (Lipinski definition) is 1. The number of rotatable bonds is 4. The largest absolute Gasteiger partial charge is 0.478 e. The van der Waals surface area contributed by atoms with Crippen molar-refractivity contribution in [3.8, 4) is 0 Å². The summed E-state index contributed by atoms with van der Waals surface area (Å²) in [6.45, 7) is 2.10. The van der Waals surface area contributed by atoms with Crippen molar-refractivity contribution in [3.05, 3.63) is 23.9 Å². The third kappa shape index (κ3) is 3.06. The molecule has 0 aliphatic carbocycles. The van der Waals surface area contributed by atoms with Crippen LogP contribution in [0.3, 0.4) is 0 Å². The van der Waals surface area contributed by atoms with E-state index in [9.17, 15) is 4.79 Å². The molecule has 13 heavy (non-hydrogen) atoms. The van der Waals surface area contributed by atoms with Crippen LogP contribution in [0.2, 0.25) is 0 Å². The second kappa shape index (κ2) is 4.87. The average Bonchev–Trinajstić information content (AvgIpc) is 2.15. The van der Waals surface area contributed by atoms with Gasteiger partial charge in [0.1, 0.15) is 0 Å². The minimum atomic E-state index is -0.931. The van der Waals surface area contributed by atoms with Crippen molar-refractivity contribution in [3.63, 3.8) is 0 Å². The van der Waals surface area contributed by atoms with Gasteiger partial charge in [0.05, 0.1) is 10.6 Å². The maximum atomic E-state index is 10.5. The van der Waals surface area contributed by atoms with E-state index in [0.29, 0.717) is 0 Å². The van der Waals surface area contributed by atoms with Gasteiger partial charge in [-0.25, -0.2) is 9.78 Å². The van der Waals surface area contributed by atoms with Crippen molar-refractivity contribution in [2.24, 2.45) is 0 Å². The summed E-state index contributed by atoms with van der Waals surface area (Å²) in [5.74, 6) is 0.0823. The van der Waals surface area contributed by atoms with E-state index in [-0.39, 0.29) is 5.56 Å². The van der Waals surface area contributed by atoms with Gasteiger partial charge in [0, 0.05) is 6.20 Å². The van der Waals surface area contributed by atoms with Crippen LogP contribution in [-0.2, 0) is 0 Å². The van der Waals surface area contributed by atoms with E-state index in [0.717, 1.165) is 17.2 Å². The van der Waals surface area contributed by atoms with E-state index >= 15 is 0 Å². The van der Waals surface area contributed by atoms with Gasteiger partial charge in [-0.05, 0) is 24.3 Å². The molecular formula is C9H11NO2S. The Bertz CT molecular complexity index is 284. The van der Waals surface area contributed by atoms with E-state index in [1.54, 1.807) is 23.9 Å². The number of nitrogens with zero attached hydrogens (tertiary/aromatic N) is 1. The lowest BCUT2D eigenvalue weighted by atomic mass is 10.3. The first-order valence-corrected chi connectivity index (χ1v) is 5.04. The molecule has 0 saturated carbocycles. The summed E-state index contributed by atoms with van der Waals surface area (Å²) >= 11 is 1.64. The van der Waals surface area contributed by atoms with Gasteiger partial charge in [0.25, 0.3) is 0 Å². The highest BCUT2D eigenvalue weighted by Crippen LogP contribution is 2.15. The fourth-order valence-corrected chi connectivity index (χ4v) is 1.50. The second-order valence-corrected chi connectivity index (χ2v) is 3.65. The maximum Gasteiger partial charge on any atom is 0.337 e. The molecule has 1 rings (SSSR count). The van der Waals surface area contributed by atoms with Gasteiger partial charge in [-0.2, -0.15) is 0 Å². The zero-order chi connectivity index (χ0) is 9.68. The Balaban J connectivity index is 2.64. The molecule has 0 bridgehead atoms. The van der Waals surface area contributed by atoms with Gasteiger partial charge < -0.3 is 5.11 Å². The highest BCUT2D eigenvalue weighted by molar-refractivity contribution is 7.99. The monoisotopic (exact) mass is 197 g/mol. The van der Waals surface area contributed by atoms with Crippen LogP contribution in [0.4, 0.5) is 0 Å². The van der Waals surface area contributed by atoms with Gasteiger partial charge in [-0.1, -0.05) is 6.92 Å². The molecule has 1 aromatic rings. The molecule has 0 aliphatic rings. The fourth-order valence-electron chi connectivity index (χ4n) is 0.799. The highest BCUT2D eigenvalue weighted by Gasteiger charge is 2.02. The van der Waals surface area contributed by atoms with Crippen LogP contribution < -0.4 is 0 Å². The zero-order valence-corrected chi connectivity index (χ0v) is 8.17. The van der Waals surface area contributed by atoms with Crippen molar-refractivity contribution >= 4 is 17.7 Å². The number of thioether (sulfide) groups is 1. The summed E-state index contributed by atoms with van der Waals surface area (Å²) < 4.78 is 0. The molecule has 0 atom stereocenters. The molecule has 0 aromatic carbocycles. The summed E-state index contributed by atoms with van der Waals surface area (Å²) in [5.41, 5.74) is 0.237. The summed E-state index contributed by atoms with van der Waals surface area (Å²) in [7, 11) is 0. The molecule has 0 spiro atoms. The highest BCUT2D eigenvalue weighted by atomic mass is 32.2. The van der Waals surface area contributed by atoms with Crippen LogP contribution in [-0.4, -0.2) is 21.8 Å². The predicted molar refractivity (Wildman–Crippen MR) is 52.2 cm³/mol. The summed E-state index contributed by atoms with van der Waals surface area (Å²) in [5, 5.41) is 9.49. The average molecular weight is 197 g/mol. The van der Waals surface area contributed by atoms with Crippen LogP contribution >= 0.6 is 11.8 Å². The van der Waals surface area contributed by atoms with Crippen molar-refractivity contribution in [1.29, 1.82) is 0 Å². The van der Waals surface area contributed by atoms with Crippen molar-refractivity contribution < 1.29 is 9.90 Å². The van der Waals surface area contributed by atoms with Crippen LogP contribution in [0.1, 0.15) is 23.7 Å². The van der Waals surface area contributed by atoms with Crippen molar-refractivity contribution in [1.82, 2.24) is 4.98 Å². The number of hydrogen-bond acceptors (Lipinski definition) is 3. The van der Waals surface area contributed by atoms with E-state index in [1.807, 2.05) is 0 Å². The normalized spacial score (nSPS) is 9.92. The molecule has 0 amide bonds. The van der Waals surface area contributed by atoms with Crippen LogP contribution in [0, 0.1) is 0 Å².